The van der Waals surface area contributed by atoms with E-state index < -0.39 is 57.1 Å². The van der Waals surface area contributed by atoms with Gasteiger partial charge < -0.3 is 39.9 Å². The highest BCUT2D eigenvalue weighted by Gasteiger charge is 2.46. The molecule has 10 nitrogen and oxygen atoms in total. The molecule has 1 amide bonds. The van der Waals surface area contributed by atoms with Crippen LogP contribution in [0.25, 0.3) is 0 Å². The predicted octanol–water partition coefficient (Wildman–Crippen LogP) is -2.14. The van der Waals surface area contributed by atoms with Crippen molar-refractivity contribution in [2.24, 2.45) is 0 Å². The maximum atomic E-state index is 11.6. The van der Waals surface area contributed by atoms with Crippen molar-refractivity contribution < 1.29 is 43.9 Å². The van der Waals surface area contributed by atoms with Gasteiger partial charge in [-0.3, -0.25) is 9.36 Å². The van der Waals surface area contributed by atoms with Crippen LogP contribution in [0.15, 0.2) is 0 Å². The van der Waals surface area contributed by atoms with Crippen LogP contribution in [0.1, 0.15) is 19.8 Å². The van der Waals surface area contributed by atoms with E-state index in [9.17, 15) is 19.6 Å². The fourth-order valence-electron chi connectivity index (χ4n) is 2.03. The molecule has 6 N–H and O–H groups in total. The van der Waals surface area contributed by atoms with E-state index >= 15 is 0 Å². The number of ether oxygens (including phenoxy) is 2. The van der Waals surface area contributed by atoms with Gasteiger partial charge >= 0.3 is 7.60 Å². The van der Waals surface area contributed by atoms with Gasteiger partial charge in [0, 0.05) is 6.42 Å². The Kier molecular flexibility index (Phi) is 7.36. The third-order valence-corrected chi connectivity index (χ3v) is 3.58. The van der Waals surface area contributed by atoms with Crippen molar-refractivity contribution in [3.63, 3.8) is 0 Å². The molecule has 0 aromatic heterocycles. The van der Waals surface area contributed by atoms with Crippen LogP contribution in [0.5, 0.6) is 0 Å². The third-order valence-electron chi connectivity index (χ3n) is 3.09. The molecule has 0 aromatic rings. The Hall–Kier alpha value is -0.580. The lowest BCUT2D eigenvalue weighted by Gasteiger charge is -2.42. The number of carbonyl (C=O) groups excluding carboxylic acids is 1. The monoisotopic (exact) mass is 343 g/mol. The normalized spacial score (nSPS) is 32.7. The number of aliphatic hydroxyl groups excluding tert-OH is 3. The molecule has 5 atom stereocenters. The highest BCUT2D eigenvalue weighted by atomic mass is 31.2. The van der Waals surface area contributed by atoms with Crippen LogP contribution < -0.4 is 5.32 Å². The standard InChI is InChI=1S/C11H22NO9P/c1-2-3-7(14)12-8-10(16)9(15)6(4-13)21-11(8)20-5-22(17,18)19/h6,8-11,13,15-16H,2-5H2,1H3,(H,12,14)(H2,17,18,19)/t6-,8-,9-,10-,11?/m1/s1. The molecule has 11 heteroatoms. The van der Waals surface area contributed by atoms with Gasteiger partial charge in [0.2, 0.25) is 5.91 Å². The van der Waals surface area contributed by atoms with E-state index in [1.807, 2.05) is 0 Å². The summed E-state index contributed by atoms with van der Waals surface area (Å²) in [6.07, 6.45) is -5.89. The molecule has 1 aliphatic rings. The summed E-state index contributed by atoms with van der Waals surface area (Å²) in [5.74, 6) is -0.436. The van der Waals surface area contributed by atoms with Crippen LogP contribution in [0.3, 0.4) is 0 Å². The number of carbonyl (C=O) groups is 1. The molecule has 1 fully saturated rings. The molecule has 0 aromatic carbocycles. The van der Waals surface area contributed by atoms with E-state index in [0.29, 0.717) is 6.42 Å². The average molecular weight is 343 g/mol. The maximum absolute atomic E-state index is 11.6. The lowest BCUT2D eigenvalue weighted by molar-refractivity contribution is -0.266. The van der Waals surface area contributed by atoms with Gasteiger partial charge in [0.05, 0.1) is 6.61 Å². The number of hydrogen-bond donors (Lipinski definition) is 6. The van der Waals surface area contributed by atoms with Gasteiger partial charge in [-0.1, -0.05) is 6.92 Å². The third kappa shape index (κ3) is 5.56. The molecular weight excluding hydrogens is 321 g/mol. The number of nitrogens with one attached hydrogen (secondary N) is 1. The molecule has 0 saturated carbocycles. The number of aliphatic hydroxyl groups is 3. The first-order chi connectivity index (χ1) is 10.2. The van der Waals surface area contributed by atoms with Crippen LogP contribution in [-0.4, -0.2) is 74.6 Å². The quantitative estimate of drug-likeness (QED) is 0.283. The zero-order chi connectivity index (χ0) is 16.9. The Morgan fingerprint density at radius 2 is 1.95 bits per heavy atom. The Morgan fingerprint density at radius 1 is 1.32 bits per heavy atom. The highest BCUT2D eigenvalue weighted by molar-refractivity contribution is 7.51. The lowest BCUT2D eigenvalue weighted by atomic mass is 9.97. The van der Waals surface area contributed by atoms with Crippen molar-refractivity contribution in [2.75, 3.05) is 13.0 Å². The first-order valence-corrected chi connectivity index (χ1v) is 8.57. The molecule has 1 aliphatic heterocycles. The second-order valence-electron chi connectivity index (χ2n) is 5.01. The topological polar surface area (TPSA) is 166 Å². The van der Waals surface area contributed by atoms with Crippen molar-refractivity contribution in [3.05, 3.63) is 0 Å². The Balaban J connectivity index is 2.83. The first-order valence-electron chi connectivity index (χ1n) is 6.77. The molecule has 1 rings (SSSR count). The Labute approximate surface area is 127 Å². The van der Waals surface area contributed by atoms with Crippen LogP contribution in [0.4, 0.5) is 0 Å². The van der Waals surface area contributed by atoms with Crippen molar-refractivity contribution in [1.82, 2.24) is 5.32 Å². The zero-order valence-corrected chi connectivity index (χ0v) is 12.9. The summed E-state index contributed by atoms with van der Waals surface area (Å²) in [7, 11) is -4.49. The van der Waals surface area contributed by atoms with Crippen molar-refractivity contribution >= 4 is 13.5 Å². The summed E-state index contributed by atoms with van der Waals surface area (Å²) in [6, 6.07) is -1.22. The number of hydrogen-bond acceptors (Lipinski definition) is 7. The molecular formula is C11H22NO9P. The molecule has 0 spiro atoms. The predicted molar refractivity (Wildman–Crippen MR) is 72.6 cm³/mol. The van der Waals surface area contributed by atoms with Crippen LogP contribution >= 0.6 is 7.60 Å². The summed E-state index contributed by atoms with van der Waals surface area (Å²) in [4.78, 5) is 29.3. The van der Waals surface area contributed by atoms with E-state index in [4.69, 9.17) is 24.4 Å². The van der Waals surface area contributed by atoms with E-state index in [1.165, 1.54) is 0 Å². The summed E-state index contributed by atoms with van der Waals surface area (Å²) in [6.45, 7) is 1.13. The zero-order valence-electron chi connectivity index (χ0n) is 12.0. The SMILES string of the molecule is CCCC(=O)N[C@H]1C(OCP(=O)(O)O)O[C@H](CO)[C@@H](O)[C@@H]1O. The Morgan fingerprint density at radius 3 is 2.45 bits per heavy atom. The van der Waals surface area contributed by atoms with Gasteiger partial charge in [-0.15, -0.1) is 0 Å². The fourth-order valence-corrected chi connectivity index (χ4v) is 2.37. The van der Waals surface area contributed by atoms with Crippen LogP contribution in [0, 0.1) is 0 Å². The minimum Gasteiger partial charge on any atom is -0.394 e. The summed E-state index contributed by atoms with van der Waals surface area (Å²) >= 11 is 0. The van der Waals surface area contributed by atoms with E-state index in [-0.39, 0.29) is 6.42 Å². The molecule has 1 saturated heterocycles. The van der Waals surface area contributed by atoms with Crippen LogP contribution in [0.2, 0.25) is 0 Å². The second-order valence-corrected chi connectivity index (χ2v) is 6.60. The van der Waals surface area contributed by atoms with Gasteiger partial charge in [0.15, 0.2) is 12.6 Å². The first kappa shape index (κ1) is 19.5. The summed E-state index contributed by atoms with van der Waals surface area (Å²) < 4.78 is 20.9. The van der Waals surface area contributed by atoms with Gasteiger partial charge in [-0.2, -0.15) is 0 Å². The van der Waals surface area contributed by atoms with E-state index in [1.54, 1.807) is 6.92 Å². The maximum Gasteiger partial charge on any atom is 0.351 e. The van der Waals surface area contributed by atoms with Gasteiger partial charge in [-0.05, 0) is 6.42 Å². The highest BCUT2D eigenvalue weighted by Crippen LogP contribution is 2.35. The van der Waals surface area contributed by atoms with E-state index in [0.717, 1.165) is 0 Å². The Bertz CT molecular complexity index is 414. The number of rotatable bonds is 7. The minimum atomic E-state index is -4.49. The molecule has 1 heterocycles. The fraction of sp³-hybridized carbons (Fsp3) is 0.909. The van der Waals surface area contributed by atoms with Crippen LogP contribution in [-0.2, 0) is 18.8 Å². The average Bonchev–Trinajstić information content (AvgIpc) is 2.42. The van der Waals surface area contributed by atoms with Gasteiger partial charge in [0.1, 0.15) is 24.4 Å². The minimum absolute atomic E-state index is 0.161. The largest absolute Gasteiger partial charge is 0.394 e. The van der Waals surface area contributed by atoms with Crippen molar-refractivity contribution in [2.45, 2.75) is 50.4 Å². The van der Waals surface area contributed by atoms with Gasteiger partial charge in [-0.25, -0.2) is 0 Å². The lowest BCUT2D eigenvalue weighted by Crippen LogP contribution is -2.64. The smallest absolute Gasteiger partial charge is 0.351 e. The van der Waals surface area contributed by atoms with Crippen molar-refractivity contribution in [1.29, 1.82) is 0 Å². The molecule has 0 aliphatic carbocycles. The van der Waals surface area contributed by atoms with E-state index in [2.05, 4.69) is 5.32 Å². The molecule has 1 unspecified atom stereocenters. The summed E-state index contributed by atoms with van der Waals surface area (Å²) in [5, 5.41) is 31.3. The second kappa shape index (κ2) is 8.32. The molecule has 0 radical (unpaired) electrons. The molecule has 22 heavy (non-hydrogen) atoms. The van der Waals surface area contributed by atoms with Crippen molar-refractivity contribution in [3.8, 4) is 0 Å². The molecule has 130 valence electrons. The van der Waals surface area contributed by atoms with Gasteiger partial charge in [0.25, 0.3) is 0 Å². The summed E-state index contributed by atoms with van der Waals surface area (Å²) in [5.41, 5.74) is 0. The molecule has 0 bridgehead atoms. The number of amides is 1.